The van der Waals surface area contributed by atoms with Crippen molar-refractivity contribution in [3.05, 3.63) is 11.9 Å². The fraction of sp³-hybridized carbons (Fsp3) is 0.636. The van der Waals surface area contributed by atoms with Gasteiger partial charge in [0.05, 0.1) is 12.3 Å². The molecule has 0 bridgehead atoms. The Bertz CT molecular complexity index is 389. The van der Waals surface area contributed by atoms with Gasteiger partial charge in [-0.25, -0.2) is 4.68 Å². The maximum Gasteiger partial charge on any atom is 0.241 e. The monoisotopic (exact) mass is 254 g/mol. The smallest absolute Gasteiger partial charge is 0.241 e. The average molecular weight is 254 g/mol. The Morgan fingerprint density at radius 1 is 1.61 bits per heavy atom. The predicted molar refractivity (Wildman–Crippen MR) is 64.1 cm³/mol. The normalized spacial score (nSPS) is 10.6. The van der Waals surface area contributed by atoms with Crippen LogP contribution in [0.5, 0.6) is 0 Å². The number of hydrogen-bond donors (Lipinski definition) is 1. The Kier molecular flexibility index (Phi) is 5.99. The minimum atomic E-state index is -0.165. The van der Waals surface area contributed by atoms with Gasteiger partial charge < -0.3 is 10.1 Å². The van der Waals surface area contributed by atoms with Gasteiger partial charge >= 0.3 is 0 Å². The highest BCUT2D eigenvalue weighted by Crippen LogP contribution is 1.90. The molecule has 1 rings (SSSR count). The highest BCUT2D eigenvalue weighted by atomic mass is 16.5. The summed E-state index contributed by atoms with van der Waals surface area (Å²) in [5.41, 5.74) is 0.216. The largest absolute Gasteiger partial charge is 0.379 e. The zero-order valence-electron chi connectivity index (χ0n) is 10.6. The zero-order chi connectivity index (χ0) is 13.4. The van der Waals surface area contributed by atoms with Crippen molar-refractivity contribution in [2.45, 2.75) is 32.9 Å². The molecule has 0 aliphatic rings. The van der Waals surface area contributed by atoms with Crippen LogP contribution in [0, 0.1) is 0 Å². The number of hydrogen-bond acceptors (Lipinski definition) is 5. The van der Waals surface area contributed by atoms with Gasteiger partial charge in [0, 0.05) is 13.2 Å². The molecule has 0 spiro atoms. The van der Waals surface area contributed by atoms with E-state index in [4.69, 9.17) is 4.74 Å². The summed E-state index contributed by atoms with van der Waals surface area (Å²) in [6.07, 6.45) is 2.98. The second-order valence-electron chi connectivity index (χ2n) is 4.08. The molecule has 0 saturated carbocycles. The summed E-state index contributed by atoms with van der Waals surface area (Å²) in [6.45, 7) is 5.17. The van der Waals surface area contributed by atoms with Gasteiger partial charge in [0.25, 0.3) is 0 Å². The van der Waals surface area contributed by atoms with Crippen molar-refractivity contribution in [1.82, 2.24) is 20.3 Å². The number of ether oxygens (including phenoxy) is 1. The first-order valence-electron chi connectivity index (χ1n) is 5.85. The van der Waals surface area contributed by atoms with Gasteiger partial charge in [-0.05, 0) is 20.3 Å². The summed E-state index contributed by atoms with van der Waals surface area (Å²) < 4.78 is 6.67. The van der Waals surface area contributed by atoms with E-state index >= 15 is 0 Å². The molecule has 1 N–H and O–H groups in total. The lowest BCUT2D eigenvalue weighted by Gasteiger charge is -2.08. The van der Waals surface area contributed by atoms with Crippen LogP contribution in [0.4, 0.5) is 0 Å². The molecule has 18 heavy (non-hydrogen) atoms. The molecule has 0 atom stereocenters. The molecule has 1 amide bonds. The number of nitrogens with one attached hydrogen (secondary N) is 1. The molecule has 1 aromatic rings. The Hall–Kier alpha value is -1.76. The van der Waals surface area contributed by atoms with Gasteiger partial charge in [-0.15, -0.1) is 5.10 Å². The standard InChI is InChI=1S/C11H18N4O3/c1-9(2)18-5-3-4-12-11(17)7-15-6-10(8-16)13-14-15/h6,8-9H,3-5,7H2,1-2H3,(H,12,17). The first kappa shape index (κ1) is 14.3. The molecule has 100 valence electrons. The number of carbonyl (C=O) groups is 2. The molecule has 1 heterocycles. The van der Waals surface area contributed by atoms with E-state index in [1.165, 1.54) is 10.9 Å². The second kappa shape index (κ2) is 7.54. The van der Waals surface area contributed by atoms with Crippen LogP contribution in [0.3, 0.4) is 0 Å². The Labute approximate surface area is 105 Å². The summed E-state index contributed by atoms with van der Waals surface area (Å²) in [5.74, 6) is -0.165. The van der Waals surface area contributed by atoms with Crippen LogP contribution >= 0.6 is 0 Å². The third kappa shape index (κ3) is 5.53. The van der Waals surface area contributed by atoms with Gasteiger partial charge in [-0.3, -0.25) is 9.59 Å². The van der Waals surface area contributed by atoms with Gasteiger partial charge in [-0.1, -0.05) is 5.21 Å². The SMILES string of the molecule is CC(C)OCCCNC(=O)Cn1cc(C=O)nn1. The van der Waals surface area contributed by atoms with Crippen molar-refractivity contribution in [3.8, 4) is 0 Å². The van der Waals surface area contributed by atoms with Gasteiger partial charge in [0.15, 0.2) is 6.29 Å². The number of nitrogens with zero attached hydrogens (tertiary/aromatic N) is 3. The lowest BCUT2D eigenvalue weighted by atomic mass is 10.4. The molecule has 7 heteroatoms. The number of aldehydes is 1. The number of carbonyl (C=O) groups excluding carboxylic acids is 2. The highest BCUT2D eigenvalue weighted by Gasteiger charge is 2.04. The molecule has 0 unspecified atom stereocenters. The third-order valence-electron chi connectivity index (χ3n) is 2.08. The van der Waals surface area contributed by atoms with E-state index in [0.717, 1.165) is 6.42 Å². The van der Waals surface area contributed by atoms with Crippen LogP contribution in [0.1, 0.15) is 30.8 Å². The van der Waals surface area contributed by atoms with Crippen LogP contribution in [0.2, 0.25) is 0 Å². The van der Waals surface area contributed by atoms with Crippen molar-refractivity contribution in [2.24, 2.45) is 0 Å². The summed E-state index contributed by atoms with van der Waals surface area (Å²) in [6, 6.07) is 0. The quantitative estimate of drug-likeness (QED) is 0.522. The molecule has 0 fully saturated rings. The van der Waals surface area contributed by atoms with Crippen LogP contribution in [0.15, 0.2) is 6.20 Å². The molecule has 1 aromatic heterocycles. The molecule has 0 aliphatic heterocycles. The Balaban J connectivity index is 2.15. The second-order valence-corrected chi connectivity index (χ2v) is 4.08. The van der Waals surface area contributed by atoms with E-state index in [-0.39, 0.29) is 24.2 Å². The molecule has 0 aromatic carbocycles. The van der Waals surface area contributed by atoms with Crippen LogP contribution in [0.25, 0.3) is 0 Å². The summed E-state index contributed by atoms with van der Waals surface area (Å²) >= 11 is 0. The van der Waals surface area contributed by atoms with Crippen molar-refractivity contribution < 1.29 is 14.3 Å². The van der Waals surface area contributed by atoms with Crippen molar-refractivity contribution in [1.29, 1.82) is 0 Å². The molecule has 0 saturated heterocycles. The number of rotatable bonds is 8. The zero-order valence-corrected chi connectivity index (χ0v) is 10.6. The molecular weight excluding hydrogens is 236 g/mol. The molecule has 0 radical (unpaired) electrons. The average Bonchev–Trinajstić information content (AvgIpc) is 2.76. The van der Waals surface area contributed by atoms with Gasteiger partial charge in [-0.2, -0.15) is 0 Å². The first-order valence-corrected chi connectivity index (χ1v) is 5.85. The molecular formula is C11H18N4O3. The van der Waals surface area contributed by atoms with E-state index in [1.807, 2.05) is 13.8 Å². The van der Waals surface area contributed by atoms with Crippen LogP contribution < -0.4 is 5.32 Å². The van der Waals surface area contributed by atoms with E-state index in [9.17, 15) is 9.59 Å². The Morgan fingerprint density at radius 2 is 2.39 bits per heavy atom. The molecule has 0 aliphatic carbocycles. The maximum atomic E-state index is 11.5. The number of amides is 1. The third-order valence-corrected chi connectivity index (χ3v) is 2.08. The fourth-order valence-corrected chi connectivity index (χ4v) is 1.27. The van der Waals surface area contributed by atoms with Crippen LogP contribution in [-0.2, 0) is 16.1 Å². The topological polar surface area (TPSA) is 86.1 Å². The minimum Gasteiger partial charge on any atom is -0.379 e. The maximum absolute atomic E-state index is 11.5. The number of aromatic nitrogens is 3. The fourth-order valence-electron chi connectivity index (χ4n) is 1.27. The summed E-state index contributed by atoms with van der Waals surface area (Å²) in [4.78, 5) is 21.9. The minimum absolute atomic E-state index is 0.0614. The lowest BCUT2D eigenvalue weighted by Crippen LogP contribution is -2.29. The van der Waals surface area contributed by atoms with E-state index in [2.05, 4.69) is 15.6 Å². The summed E-state index contributed by atoms with van der Waals surface area (Å²) in [7, 11) is 0. The van der Waals surface area contributed by atoms with Crippen molar-refractivity contribution in [3.63, 3.8) is 0 Å². The Morgan fingerprint density at radius 3 is 3.00 bits per heavy atom. The lowest BCUT2D eigenvalue weighted by molar-refractivity contribution is -0.121. The first-order chi connectivity index (χ1) is 8.61. The van der Waals surface area contributed by atoms with E-state index in [0.29, 0.717) is 19.4 Å². The van der Waals surface area contributed by atoms with Crippen molar-refractivity contribution >= 4 is 12.2 Å². The highest BCUT2D eigenvalue weighted by molar-refractivity contribution is 5.76. The van der Waals surface area contributed by atoms with Crippen molar-refractivity contribution in [2.75, 3.05) is 13.2 Å². The summed E-state index contributed by atoms with van der Waals surface area (Å²) in [5, 5.41) is 9.94. The van der Waals surface area contributed by atoms with Gasteiger partial charge in [0.1, 0.15) is 12.2 Å². The predicted octanol–water partition coefficient (Wildman–Crippen LogP) is 0.0219. The van der Waals surface area contributed by atoms with Crippen LogP contribution in [-0.4, -0.2) is 46.4 Å². The van der Waals surface area contributed by atoms with E-state index in [1.54, 1.807) is 0 Å². The van der Waals surface area contributed by atoms with E-state index < -0.39 is 0 Å². The van der Waals surface area contributed by atoms with Gasteiger partial charge in [0.2, 0.25) is 5.91 Å². The molecule has 7 nitrogen and oxygen atoms in total.